The zero-order valence-electron chi connectivity index (χ0n) is 8.99. The minimum Gasteiger partial charge on any atom is -0.481 e. The highest BCUT2D eigenvalue weighted by molar-refractivity contribution is 5.66. The highest BCUT2D eigenvalue weighted by atomic mass is 16.4. The summed E-state index contributed by atoms with van der Waals surface area (Å²) in [6.45, 7) is 2.39. The average Bonchev–Trinajstić information content (AvgIpc) is 2.18. The summed E-state index contributed by atoms with van der Waals surface area (Å²) in [5.41, 5.74) is -0.690. The lowest BCUT2D eigenvalue weighted by Crippen LogP contribution is -2.41. The van der Waals surface area contributed by atoms with Crippen molar-refractivity contribution in [3.63, 3.8) is 0 Å². The largest absolute Gasteiger partial charge is 0.481 e. The number of hydrogen-bond donors (Lipinski definition) is 3. The van der Waals surface area contributed by atoms with Crippen molar-refractivity contribution in [3.05, 3.63) is 0 Å². The lowest BCUT2D eigenvalue weighted by molar-refractivity contribution is -0.137. The van der Waals surface area contributed by atoms with Crippen molar-refractivity contribution in [2.24, 2.45) is 0 Å². The van der Waals surface area contributed by atoms with Crippen LogP contribution in [-0.2, 0) is 4.79 Å². The summed E-state index contributed by atoms with van der Waals surface area (Å²) in [4.78, 5) is 10.3. The van der Waals surface area contributed by atoms with Crippen molar-refractivity contribution in [1.82, 2.24) is 5.32 Å². The number of rotatable bonds is 8. The number of aliphatic hydroxyl groups excluding tert-OH is 1. The molecule has 0 saturated carbocycles. The van der Waals surface area contributed by atoms with Gasteiger partial charge in [0.1, 0.15) is 5.54 Å². The van der Waals surface area contributed by atoms with Crippen molar-refractivity contribution in [2.75, 3.05) is 13.2 Å². The number of carboxylic acids is 1. The Morgan fingerprint density at radius 2 is 2.20 bits per heavy atom. The molecular formula is C10H18N2O3. The second kappa shape index (κ2) is 7.21. The molecule has 15 heavy (non-hydrogen) atoms. The molecule has 0 aliphatic carbocycles. The fourth-order valence-corrected chi connectivity index (χ4v) is 1.22. The number of nitrogens with one attached hydrogen (secondary N) is 1. The predicted molar refractivity (Wildman–Crippen MR) is 55.2 cm³/mol. The van der Waals surface area contributed by atoms with Gasteiger partial charge in [-0.05, 0) is 32.7 Å². The van der Waals surface area contributed by atoms with Crippen molar-refractivity contribution in [1.29, 1.82) is 5.26 Å². The van der Waals surface area contributed by atoms with Crippen LogP contribution in [0.1, 0.15) is 32.6 Å². The number of aliphatic carboxylic acids is 1. The van der Waals surface area contributed by atoms with E-state index in [4.69, 9.17) is 15.5 Å². The van der Waals surface area contributed by atoms with Gasteiger partial charge in [0.15, 0.2) is 0 Å². The number of carboxylic acid groups (broad SMARTS) is 1. The molecule has 0 rings (SSSR count). The van der Waals surface area contributed by atoms with Gasteiger partial charge in [-0.3, -0.25) is 10.1 Å². The Morgan fingerprint density at radius 1 is 1.53 bits per heavy atom. The van der Waals surface area contributed by atoms with Gasteiger partial charge in [-0.2, -0.15) is 5.26 Å². The molecular weight excluding hydrogens is 196 g/mol. The molecule has 0 aromatic heterocycles. The van der Waals surface area contributed by atoms with Crippen LogP contribution < -0.4 is 5.32 Å². The van der Waals surface area contributed by atoms with E-state index in [0.29, 0.717) is 25.8 Å². The molecule has 1 unspecified atom stereocenters. The van der Waals surface area contributed by atoms with E-state index in [1.165, 1.54) is 0 Å². The molecule has 0 amide bonds. The molecule has 3 N–H and O–H groups in total. The summed E-state index contributed by atoms with van der Waals surface area (Å²) >= 11 is 0. The maximum Gasteiger partial charge on any atom is 0.303 e. The van der Waals surface area contributed by atoms with Crippen LogP contribution in [0.5, 0.6) is 0 Å². The molecule has 5 nitrogen and oxygen atoms in total. The Morgan fingerprint density at radius 3 is 2.67 bits per heavy atom. The van der Waals surface area contributed by atoms with E-state index >= 15 is 0 Å². The normalized spacial score (nSPS) is 14.2. The van der Waals surface area contributed by atoms with E-state index in [0.717, 1.165) is 0 Å². The summed E-state index contributed by atoms with van der Waals surface area (Å²) in [6, 6.07) is 2.13. The van der Waals surface area contributed by atoms with Gasteiger partial charge >= 0.3 is 5.97 Å². The van der Waals surface area contributed by atoms with Gasteiger partial charge in [0.05, 0.1) is 6.07 Å². The quantitative estimate of drug-likeness (QED) is 0.511. The van der Waals surface area contributed by atoms with Gasteiger partial charge in [-0.25, -0.2) is 0 Å². The van der Waals surface area contributed by atoms with Crippen LogP contribution in [0.2, 0.25) is 0 Å². The van der Waals surface area contributed by atoms with Crippen molar-refractivity contribution in [2.45, 2.75) is 38.1 Å². The smallest absolute Gasteiger partial charge is 0.303 e. The van der Waals surface area contributed by atoms with E-state index < -0.39 is 11.5 Å². The lowest BCUT2D eigenvalue weighted by Gasteiger charge is -2.22. The van der Waals surface area contributed by atoms with E-state index in [1.807, 2.05) is 0 Å². The van der Waals surface area contributed by atoms with Gasteiger partial charge < -0.3 is 10.2 Å². The highest BCUT2D eigenvalue weighted by Gasteiger charge is 2.22. The molecule has 0 heterocycles. The van der Waals surface area contributed by atoms with E-state index in [2.05, 4.69) is 11.4 Å². The van der Waals surface area contributed by atoms with Crippen LogP contribution in [0.25, 0.3) is 0 Å². The molecule has 0 aliphatic rings. The average molecular weight is 214 g/mol. The van der Waals surface area contributed by atoms with Crippen LogP contribution in [0.15, 0.2) is 0 Å². The molecule has 0 spiro atoms. The maximum atomic E-state index is 10.3. The number of hydrogen-bond acceptors (Lipinski definition) is 4. The third-order valence-corrected chi connectivity index (χ3v) is 2.16. The van der Waals surface area contributed by atoms with Crippen molar-refractivity contribution >= 4 is 5.97 Å². The molecule has 0 radical (unpaired) electrons. The molecule has 0 saturated heterocycles. The summed E-state index contributed by atoms with van der Waals surface area (Å²) < 4.78 is 0. The third kappa shape index (κ3) is 6.89. The van der Waals surface area contributed by atoms with Crippen molar-refractivity contribution in [3.8, 4) is 6.07 Å². The van der Waals surface area contributed by atoms with E-state index in [-0.39, 0.29) is 13.0 Å². The number of nitriles is 1. The first-order chi connectivity index (χ1) is 7.04. The Bertz CT molecular complexity index is 237. The van der Waals surface area contributed by atoms with Crippen LogP contribution in [0, 0.1) is 11.3 Å². The molecule has 0 fully saturated rings. The number of nitrogens with zero attached hydrogens (tertiary/aromatic N) is 1. The summed E-state index contributed by atoms with van der Waals surface area (Å²) in [6.07, 6.45) is 1.65. The topological polar surface area (TPSA) is 93.4 Å². The Labute approximate surface area is 89.7 Å². The molecule has 0 aromatic carbocycles. The lowest BCUT2D eigenvalue weighted by atomic mass is 9.96. The fourth-order valence-electron chi connectivity index (χ4n) is 1.22. The molecule has 5 heteroatoms. The third-order valence-electron chi connectivity index (χ3n) is 2.16. The SMILES string of the molecule is CC(C#N)(CCCC(=O)O)NCCCO. The Hall–Kier alpha value is -1.12. The molecule has 0 aromatic rings. The predicted octanol–water partition coefficient (Wildman–Crippen LogP) is 0.496. The van der Waals surface area contributed by atoms with Crippen LogP contribution >= 0.6 is 0 Å². The zero-order chi connectivity index (χ0) is 11.7. The summed E-state index contributed by atoms with van der Waals surface area (Å²) in [7, 11) is 0. The van der Waals surface area contributed by atoms with Gasteiger partial charge in [-0.1, -0.05) is 0 Å². The first-order valence-electron chi connectivity index (χ1n) is 5.03. The molecule has 86 valence electrons. The highest BCUT2D eigenvalue weighted by Crippen LogP contribution is 2.12. The molecule has 0 aliphatic heterocycles. The van der Waals surface area contributed by atoms with E-state index in [1.54, 1.807) is 6.92 Å². The second-order valence-corrected chi connectivity index (χ2v) is 3.70. The zero-order valence-corrected chi connectivity index (χ0v) is 8.99. The standard InChI is InChI=1S/C10H18N2O3/c1-10(8-11,12-6-3-7-13)5-2-4-9(14)15/h12-13H,2-7H2,1H3,(H,14,15). The van der Waals surface area contributed by atoms with Gasteiger partial charge in [-0.15, -0.1) is 0 Å². The maximum absolute atomic E-state index is 10.3. The minimum atomic E-state index is -0.842. The number of carbonyl (C=O) groups is 1. The van der Waals surface area contributed by atoms with E-state index in [9.17, 15) is 4.79 Å². The van der Waals surface area contributed by atoms with Gasteiger partial charge in [0, 0.05) is 13.0 Å². The van der Waals surface area contributed by atoms with Crippen molar-refractivity contribution < 1.29 is 15.0 Å². The minimum absolute atomic E-state index is 0.0823. The Kier molecular flexibility index (Phi) is 6.67. The first-order valence-corrected chi connectivity index (χ1v) is 5.03. The number of aliphatic hydroxyl groups is 1. The van der Waals surface area contributed by atoms with Crippen LogP contribution in [0.4, 0.5) is 0 Å². The van der Waals surface area contributed by atoms with Gasteiger partial charge in [0.25, 0.3) is 0 Å². The Balaban J connectivity index is 3.86. The van der Waals surface area contributed by atoms with Crippen LogP contribution in [0.3, 0.4) is 0 Å². The molecule has 0 bridgehead atoms. The summed E-state index contributed by atoms with van der Waals surface area (Å²) in [5, 5.41) is 29.0. The molecule has 1 atom stereocenters. The monoisotopic (exact) mass is 214 g/mol. The van der Waals surface area contributed by atoms with Gasteiger partial charge in [0.2, 0.25) is 0 Å². The summed E-state index contributed by atoms with van der Waals surface area (Å²) in [5.74, 6) is -0.842. The fraction of sp³-hybridized carbons (Fsp3) is 0.800. The second-order valence-electron chi connectivity index (χ2n) is 3.70. The first kappa shape index (κ1) is 13.9. The van der Waals surface area contributed by atoms with Crippen LogP contribution in [-0.4, -0.2) is 34.9 Å².